The third-order valence-electron chi connectivity index (χ3n) is 4.74. The van der Waals surface area contributed by atoms with Crippen LogP contribution in [0, 0.1) is 6.92 Å². The second-order valence-electron chi connectivity index (χ2n) is 7.02. The van der Waals surface area contributed by atoms with Crippen molar-refractivity contribution in [3.8, 4) is 22.9 Å². The molecule has 0 saturated carbocycles. The quantitative estimate of drug-likeness (QED) is 0.328. The van der Waals surface area contributed by atoms with Crippen molar-refractivity contribution in [3.05, 3.63) is 84.8 Å². The summed E-state index contributed by atoms with van der Waals surface area (Å²) in [5.74, 6) is 1.25. The Morgan fingerprint density at radius 2 is 1.32 bits per heavy atom. The molecule has 0 saturated heterocycles. The highest BCUT2D eigenvalue weighted by molar-refractivity contribution is 7.80. The molecule has 3 aromatic heterocycles. The fourth-order valence-electron chi connectivity index (χ4n) is 3.23. The average molecular weight is 427 g/mol. The second-order valence-corrected chi connectivity index (χ2v) is 7.43. The van der Waals surface area contributed by atoms with Crippen molar-refractivity contribution in [2.45, 2.75) is 6.92 Å². The maximum Gasteiger partial charge on any atom is 0.175 e. The molecule has 31 heavy (non-hydrogen) atoms. The predicted molar refractivity (Wildman–Crippen MR) is 126 cm³/mol. The molecule has 0 unspecified atom stereocenters. The van der Waals surface area contributed by atoms with Crippen molar-refractivity contribution in [3.63, 3.8) is 0 Å². The summed E-state index contributed by atoms with van der Waals surface area (Å²) in [6.07, 6.45) is 3.22. The Hall–Kier alpha value is -3.97. The molecule has 3 heterocycles. The summed E-state index contributed by atoms with van der Waals surface area (Å²) in [6, 6.07) is 21.1. The van der Waals surface area contributed by atoms with Gasteiger partial charge in [0.15, 0.2) is 16.6 Å². The van der Waals surface area contributed by atoms with Crippen LogP contribution in [0.4, 0.5) is 11.4 Å². The molecule has 5 rings (SSSR count). The van der Waals surface area contributed by atoms with E-state index in [1.54, 1.807) is 12.5 Å². The number of aryl methyl sites for hydroxylation is 1. The third-order valence-corrected chi connectivity index (χ3v) is 4.94. The largest absolute Gasteiger partial charge is 0.463 e. The minimum atomic E-state index is 0.495. The van der Waals surface area contributed by atoms with Gasteiger partial charge < -0.3 is 19.5 Å². The number of benzene rings is 2. The Bertz CT molecular complexity index is 1340. The summed E-state index contributed by atoms with van der Waals surface area (Å²) in [5.41, 5.74) is 5.62. The lowest BCUT2D eigenvalue weighted by Gasteiger charge is -2.12. The molecule has 0 bridgehead atoms. The van der Waals surface area contributed by atoms with E-state index >= 15 is 0 Å². The van der Waals surface area contributed by atoms with E-state index in [4.69, 9.17) is 31.0 Å². The van der Waals surface area contributed by atoms with Crippen LogP contribution in [-0.2, 0) is 0 Å². The van der Waals surface area contributed by atoms with Gasteiger partial charge >= 0.3 is 0 Å². The highest BCUT2D eigenvalue weighted by Gasteiger charge is 2.17. The zero-order chi connectivity index (χ0) is 21.2. The maximum absolute atomic E-state index is 5.59. The van der Waals surface area contributed by atoms with E-state index in [1.165, 1.54) is 5.56 Å². The number of thiocarbonyl (C=S) groups is 1. The summed E-state index contributed by atoms with van der Waals surface area (Å²) >= 11 is 5.45. The minimum absolute atomic E-state index is 0.495. The van der Waals surface area contributed by atoms with Gasteiger partial charge in [-0.1, -0.05) is 17.7 Å². The normalized spacial score (nSPS) is 10.9. The van der Waals surface area contributed by atoms with Gasteiger partial charge in [-0.05, 0) is 73.7 Å². The minimum Gasteiger partial charge on any atom is -0.463 e. The van der Waals surface area contributed by atoms with Crippen LogP contribution in [-0.4, -0.2) is 15.1 Å². The highest BCUT2D eigenvalue weighted by Crippen LogP contribution is 2.32. The highest BCUT2D eigenvalue weighted by atomic mass is 32.1. The van der Waals surface area contributed by atoms with Gasteiger partial charge in [-0.2, -0.15) is 0 Å². The Balaban J connectivity index is 1.47. The first-order chi connectivity index (χ1) is 15.2. The number of rotatable bonds is 4. The van der Waals surface area contributed by atoms with Gasteiger partial charge in [0.05, 0.1) is 23.6 Å². The van der Waals surface area contributed by atoms with Gasteiger partial charge in [-0.25, -0.2) is 9.97 Å². The second kappa shape index (κ2) is 8.04. The van der Waals surface area contributed by atoms with Gasteiger partial charge in [0.25, 0.3) is 0 Å². The molecule has 152 valence electrons. The van der Waals surface area contributed by atoms with Crippen molar-refractivity contribution in [2.24, 2.45) is 0 Å². The number of nitrogens with one attached hydrogen (secondary N) is 2. The van der Waals surface area contributed by atoms with Crippen molar-refractivity contribution in [1.29, 1.82) is 0 Å². The molecule has 0 aliphatic rings. The van der Waals surface area contributed by atoms with Crippen molar-refractivity contribution in [1.82, 2.24) is 9.97 Å². The van der Waals surface area contributed by atoms with E-state index in [0.717, 1.165) is 16.9 Å². The van der Waals surface area contributed by atoms with E-state index < -0.39 is 0 Å². The van der Waals surface area contributed by atoms with Gasteiger partial charge in [0, 0.05) is 11.4 Å². The Morgan fingerprint density at radius 1 is 0.742 bits per heavy atom. The Kier molecular flexibility index (Phi) is 4.93. The van der Waals surface area contributed by atoms with Crippen molar-refractivity contribution in [2.75, 3.05) is 10.6 Å². The van der Waals surface area contributed by atoms with Crippen LogP contribution < -0.4 is 10.6 Å². The van der Waals surface area contributed by atoms with E-state index in [1.807, 2.05) is 73.7 Å². The summed E-state index contributed by atoms with van der Waals surface area (Å²) in [6.45, 7) is 2.05. The average Bonchev–Trinajstić information content (AvgIpc) is 3.49. The molecular weight excluding hydrogens is 408 g/mol. The number of hydrogen-bond donors (Lipinski definition) is 2. The number of anilines is 2. The van der Waals surface area contributed by atoms with E-state index in [-0.39, 0.29) is 0 Å². The van der Waals surface area contributed by atoms with E-state index in [2.05, 4.69) is 10.6 Å². The monoisotopic (exact) mass is 426 g/mol. The molecular formula is C24H18N4O2S. The van der Waals surface area contributed by atoms with Crippen LogP contribution in [0.5, 0.6) is 0 Å². The first kappa shape index (κ1) is 19.0. The lowest BCUT2D eigenvalue weighted by molar-refractivity contribution is 0.572. The molecule has 0 radical (unpaired) electrons. The smallest absolute Gasteiger partial charge is 0.175 e. The van der Waals surface area contributed by atoms with Crippen LogP contribution in [0.3, 0.4) is 0 Å². The molecule has 0 amide bonds. The van der Waals surface area contributed by atoms with E-state index in [9.17, 15) is 0 Å². The number of hydrogen-bond acceptors (Lipinski definition) is 5. The lowest BCUT2D eigenvalue weighted by Crippen LogP contribution is -2.19. The summed E-state index contributed by atoms with van der Waals surface area (Å²) in [7, 11) is 0. The van der Waals surface area contributed by atoms with Crippen LogP contribution >= 0.6 is 12.2 Å². The fraction of sp³-hybridized carbons (Fsp3) is 0.0417. The standard InChI is InChI=1S/C24H18N4O2S/c1-15-6-8-16(9-7-15)25-24(31)26-17-10-11-18-19(14-17)28-23(21-5-3-13-30-21)22(27-18)20-4-2-12-29-20/h2-14H,1H3,(H2,25,26,31). The van der Waals surface area contributed by atoms with Crippen LogP contribution in [0.2, 0.25) is 0 Å². The molecule has 2 aromatic carbocycles. The van der Waals surface area contributed by atoms with Crippen LogP contribution in [0.1, 0.15) is 5.56 Å². The third kappa shape index (κ3) is 4.04. The SMILES string of the molecule is Cc1ccc(NC(=S)Nc2ccc3nc(-c4ccco4)c(-c4ccco4)nc3c2)cc1. The first-order valence-electron chi connectivity index (χ1n) is 9.70. The summed E-state index contributed by atoms with van der Waals surface area (Å²) < 4.78 is 11.2. The Morgan fingerprint density at radius 3 is 1.94 bits per heavy atom. The predicted octanol–water partition coefficient (Wildman–Crippen LogP) is 6.27. The zero-order valence-electron chi connectivity index (χ0n) is 16.6. The summed E-state index contributed by atoms with van der Waals surface area (Å²) in [4.78, 5) is 9.59. The fourth-order valence-corrected chi connectivity index (χ4v) is 3.47. The van der Waals surface area contributed by atoms with Gasteiger partial charge in [0.1, 0.15) is 11.4 Å². The molecule has 2 N–H and O–H groups in total. The lowest BCUT2D eigenvalue weighted by atomic mass is 10.1. The number of fused-ring (bicyclic) bond motifs is 1. The maximum atomic E-state index is 5.59. The van der Waals surface area contributed by atoms with Gasteiger partial charge in [-0.3, -0.25) is 0 Å². The zero-order valence-corrected chi connectivity index (χ0v) is 17.4. The van der Waals surface area contributed by atoms with Crippen LogP contribution in [0.25, 0.3) is 33.9 Å². The van der Waals surface area contributed by atoms with Crippen molar-refractivity contribution < 1.29 is 8.83 Å². The summed E-state index contributed by atoms with van der Waals surface area (Å²) in [5, 5.41) is 6.88. The van der Waals surface area contributed by atoms with Crippen LogP contribution in [0.15, 0.2) is 88.1 Å². The number of nitrogens with zero attached hydrogens (tertiary/aromatic N) is 2. The van der Waals surface area contributed by atoms with E-state index in [0.29, 0.717) is 33.5 Å². The molecule has 7 heteroatoms. The molecule has 0 atom stereocenters. The Labute approximate surface area is 184 Å². The molecule has 0 aliphatic carbocycles. The molecule has 0 aliphatic heterocycles. The topological polar surface area (TPSA) is 76.1 Å². The van der Waals surface area contributed by atoms with Gasteiger partial charge in [-0.15, -0.1) is 0 Å². The number of furan rings is 2. The molecule has 0 spiro atoms. The van der Waals surface area contributed by atoms with Crippen molar-refractivity contribution >= 4 is 39.7 Å². The van der Waals surface area contributed by atoms with Gasteiger partial charge in [0.2, 0.25) is 0 Å². The first-order valence-corrected chi connectivity index (χ1v) is 10.1. The number of aromatic nitrogens is 2. The molecule has 5 aromatic rings. The molecule has 0 fully saturated rings. The molecule has 6 nitrogen and oxygen atoms in total.